The van der Waals surface area contributed by atoms with Gasteiger partial charge in [0.05, 0.1) is 0 Å². The maximum absolute atomic E-state index is 6.16. The summed E-state index contributed by atoms with van der Waals surface area (Å²) in [4.78, 5) is 0. The molecule has 0 bridgehead atoms. The largest absolute Gasteiger partial charge is 0.486 e. The lowest BCUT2D eigenvalue weighted by Gasteiger charge is -2.30. The van der Waals surface area contributed by atoms with Gasteiger partial charge in [-0.3, -0.25) is 0 Å². The molecule has 0 aliphatic rings. The summed E-state index contributed by atoms with van der Waals surface area (Å²) in [6, 6.07) is 8.57. The molecule has 0 heterocycles. The van der Waals surface area contributed by atoms with Crippen LogP contribution in [0.4, 0.5) is 0 Å². The Morgan fingerprint density at radius 1 is 1.16 bits per heavy atom. The fourth-order valence-electron chi connectivity index (χ4n) is 2.01. The van der Waals surface area contributed by atoms with Gasteiger partial charge in [0.15, 0.2) is 0 Å². The van der Waals surface area contributed by atoms with Crippen LogP contribution in [-0.2, 0) is 0 Å². The molecule has 2 heteroatoms. The summed E-state index contributed by atoms with van der Waals surface area (Å²) in [5, 5.41) is 3.37. The molecule has 1 aromatic rings. The first-order chi connectivity index (χ1) is 9.04. The van der Waals surface area contributed by atoms with Gasteiger partial charge in [-0.25, -0.2) is 0 Å². The maximum Gasteiger partial charge on any atom is 0.120 e. The van der Waals surface area contributed by atoms with Gasteiger partial charge in [-0.2, -0.15) is 0 Å². The SMILES string of the molecule is CCNCC(C)(CC)Oc1ccc(C(C)CC)cc1. The predicted molar refractivity (Wildman–Crippen MR) is 83.0 cm³/mol. The van der Waals surface area contributed by atoms with Crippen molar-refractivity contribution in [3.05, 3.63) is 29.8 Å². The Morgan fingerprint density at radius 2 is 1.79 bits per heavy atom. The molecule has 0 radical (unpaired) electrons. The van der Waals surface area contributed by atoms with Crippen molar-refractivity contribution in [1.29, 1.82) is 0 Å². The fraction of sp³-hybridized carbons (Fsp3) is 0.647. The zero-order chi connectivity index (χ0) is 14.3. The number of hydrogen-bond donors (Lipinski definition) is 1. The van der Waals surface area contributed by atoms with Crippen LogP contribution < -0.4 is 10.1 Å². The Morgan fingerprint density at radius 3 is 2.26 bits per heavy atom. The first kappa shape index (κ1) is 16.0. The molecule has 0 amide bonds. The molecule has 0 aliphatic carbocycles. The highest BCUT2D eigenvalue weighted by atomic mass is 16.5. The van der Waals surface area contributed by atoms with Gasteiger partial charge in [0.2, 0.25) is 0 Å². The summed E-state index contributed by atoms with van der Waals surface area (Å²) in [5.74, 6) is 1.59. The molecular weight excluding hydrogens is 234 g/mol. The molecule has 0 saturated heterocycles. The Hall–Kier alpha value is -1.02. The van der Waals surface area contributed by atoms with E-state index in [0.717, 1.165) is 25.3 Å². The van der Waals surface area contributed by atoms with E-state index in [1.165, 1.54) is 12.0 Å². The van der Waals surface area contributed by atoms with E-state index in [2.05, 4.69) is 64.2 Å². The second-order valence-electron chi connectivity index (χ2n) is 5.56. The van der Waals surface area contributed by atoms with E-state index >= 15 is 0 Å². The Labute approximate surface area is 118 Å². The minimum atomic E-state index is -0.131. The van der Waals surface area contributed by atoms with Crippen molar-refractivity contribution in [2.75, 3.05) is 13.1 Å². The third-order valence-electron chi connectivity index (χ3n) is 3.92. The highest BCUT2D eigenvalue weighted by Crippen LogP contribution is 2.25. The van der Waals surface area contributed by atoms with Gasteiger partial charge in [0.1, 0.15) is 11.4 Å². The first-order valence-corrected chi connectivity index (χ1v) is 7.54. The van der Waals surface area contributed by atoms with Gasteiger partial charge in [0.25, 0.3) is 0 Å². The van der Waals surface area contributed by atoms with Crippen LogP contribution in [0, 0.1) is 0 Å². The van der Waals surface area contributed by atoms with Crippen molar-refractivity contribution in [2.45, 2.75) is 59.0 Å². The Balaban J connectivity index is 2.70. The summed E-state index contributed by atoms with van der Waals surface area (Å²) in [6.07, 6.45) is 2.17. The van der Waals surface area contributed by atoms with E-state index in [-0.39, 0.29) is 5.60 Å². The smallest absolute Gasteiger partial charge is 0.120 e. The number of nitrogens with one attached hydrogen (secondary N) is 1. The van der Waals surface area contributed by atoms with Crippen LogP contribution in [0.15, 0.2) is 24.3 Å². The van der Waals surface area contributed by atoms with Crippen molar-refractivity contribution < 1.29 is 4.74 Å². The van der Waals surface area contributed by atoms with E-state index < -0.39 is 0 Å². The summed E-state index contributed by atoms with van der Waals surface area (Å²) in [5.41, 5.74) is 1.26. The van der Waals surface area contributed by atoms with Crippen LogP contribution in [0.25, 0.3) is 0 Å². The zero-order valence-electron chi connectivity index (χ0n) is 13.1. The average Bonchev–Trinajstić information content (AvgIpc) is 2.45. The second kappa shape index (κ2) is 7.54. The molecule has 2 atom stereocenters. The van der Waals surface area contributed by atoms with Gasteiger partial charge >= 0.3 is 0 Å². The van der Waals surface area contributed by atoms with Crippen LogP contribution >= 0.6 is 0 Å². The molecule has 0 fully saturated rings. The van der Waals surface area contributed by atoms with Gasteiger partial charge in [-0.05, 0) is 49.9 Å². The summed E-state index contributed by atoms with van der Waals surface area (Å²) < 4.78 is 6.16. The lowest BCUT2D eigenvalue weighted by atomic mass is 9.98. The molecule has 0 saturated carbocycles. The highest BCUT2D eigenvalue weighted by molar-refractivity contribution is 5.29. The molecule has 108 valence electrons. The van der Waals surface area contributed by atoms with Crippen molar-refractivity contribution in [3.63, 3.8) is 0 Å². The third-order valence-corrected chi connectivity index (χ3v) is 3.92. The van der Waals surface area contributed by atoms with Gasteiger partial charge in [-0.15, -0.1) is 0 Å². The van der Waals surface area contributed by atoms with Crippen LogP contribution in [0.5, 0.6) is 5.75 Å². The Bertz CT molecular complexity index is 360. The highest BCUT2D eigenvalue weighted by Gasteiger charge is 2.23. The van der Waals surface area contributed by atoms with Crippen LogP contribution in [0.2, 0.25) is 0 Å². The number of hydrogen-bond acceptors (Lipinski definition) is 2. The molecule has 1 aromatic carbocycles. The van der Waals surface area contributed by atoms with Gasteiger partial charge < -0.3 is 10.1 Å². The lowest BCUT2D eigenvalue weighted by Crippen LogP contribution is -2.42. The standard InChI is InChI=1S/C17H29NO/c1-6-14(4)15-9-11-16(12-10-15)19-17(5,7-2)13-18-8-3/h9-12,14,18H,6-8,13H2,1-5H3. The number of ether oxygens (including phenoxy) is 1. The zero-order valence-corrected chi connectivity index (χ0v) is 13.1. The van der Waals surface area contributed by atoms with Crippen LogP contribution in [0.3, 0.4) is 0 Å². The number of benzene rings is 1. The monoisotopic (exact) mass is 263 g/mol. The number of rotatable bonds is 8. The van der Waals surface area contributed by atoms with Crippen LogP contribution in [-0.4, -0.2) is 18.7 Å². The molecule has 2 unspecified atom stereocenters. The van der Waals surface area contributed by atoms with Gasteiger partial charge in [-0.1, -0.05) is 39.8 Å². The van der Waals surface area contributed by atoms with E-state index in [1.54, 1.807) is 0 Å². The fourth-order valence-corrected chi connectivity index (χ4v) is 2.01. The van der Waals surface area contributed by atoms with Crippen molar-refractivity contribution in [2.24, 2.45) is 0 Å². The molecule has 1 rings (SSSR count). The van der Waals surface area contributed by atoms with Gasteiger partial charge in [0, 0.05) is 6.54 Å². The summed E-state index contributed by atoms with van der Waals surface area (Å²) >= 11 is 0. The third kappa shape index (κ3) is 4.87. The first-order valence-electron chi connectivity index (χ1n) is 7.54. The molecule has 1 N–H and O–H groups in total. The Kier molecular flexibility index (Phi) is 6.36. The maximum atomic E-state index is 6.16. The lowest BCUT2D eigenvalue weighted by molar-refractivity contribution is 0.0841. The molecule has 2 nitrogen and oxygen atoms in total. The number of likely N-dealkylation sites (N-methyl/N-ethyl adjacent to an activating group) is 1. The van der Waals surface area contributed by atoms with Crippen molar-refractivity contribution in [3.8, 4) is 5.75 Å². The normalized spacial score (nSPS) is 15.8. The average molecular weight is 263 g/mol. The molecular formula is C17H29NO. The van der Waals surface area contributed by atoms with Crippen molar-refractivity contribution in [1.82, 2.24) is 5.32 Å². The minimum absolute atomic E-state index is 0.131. The molecule has 0 aromatic heterocycles. The minimum Gasteiger partial charge on any atom is -0.486 e. The molecule has 19 heavy (non-hydrogen) atoms. The van der Waals surface area contributed by atoms with E-state index in [1.807, 2.05) is 0 Å². The molecule has 0 aliphatic heterocycles. The van der Waals surface area contributed by atoms with E-state index in [9.17, 15) is 0 Å². The van der Waals surface area contributed by atoms with E-state index in [4.69, 9.17) is 4.74 Å². The van der Waals surface area contributed by atoms with E-state index in [0.29, 0.717) is 5.92 Å². The summed E-state index contributed by atoms with van der Waals surface area (Å²) in [6.45, 7) is 12.8. The topological polar surface area (TPSA) is 21.3 Å². The van der Waals surface area contributed by atoms with Crippen molar-refractivity contribution >= 4 is 0 Å². The quantitative estimate of drug-likeness (QED) is 0.752. The summed E-state index contributed by atoms with van der Waals surface area (Å²) in [7, 11) is 0. The molecule has 0 spiro atoms. The van der Waals surface area contributed by atoms with Crippen LogP contribution in [0.1, 0.15) is 58.9 Å². The second-order valence-corrected chi connectivity index (χ2v) is 5.56. The predicted octanol–water partition coefficient (Wildman–Crippen LogP) is 4.36.